The summed E-state index contributed by atoms with van der Waals surface area (Å²) in [6.07, 6.45) is 3.96. The van der Waals surface area contributed by atoms with E-state index in [0.29, 0.717) is 6.04 Å². The Morgan fingerprint density at radius 3 is 2.56 bits per heavy atom. The molecule has 2 atom stereocenters. The molecule has 1 N–H and O–H groups in total. The van der Waals surface area contributed by atoms with Crippen molar-refractivity contribution in [2.45, 2.75) is 32.2 Å². The Bertz CT molecular complexity index is 182. The van der Waals surface area contributed by atoms with Crippen LogP contribution in [0.4, 0.5) is 0 Å². The van der Waals surface area contributed by atoms with Crippen LogP contribution in [-0.2, 0) is 0 Å². The minimum atomic E-state index is 0.716. The van der Waals surface area contributed by atoms with E-state index in [4.69, 9.17) is 0 Å². The smallest absolute Gasteiger partial charge is 0.0197 e. The first-order valence-corrected chi connectivity index (χ1v) is 6.64. The van der Waals surface area contributed by atoms with Crippen LogP contribution in [0.25, 0.3) is 0 Å². The van der Waals surface area contributed by atoms with Crippen LogP contribution in [-0.4, -0.2) is 63.2 Å². The molecule has 3 heteroatoms. The molecule has 0 aromatic heterocycles. The van der Waals surface area contributed by atoms with Gasteiger partial charge in [-0.25, -0.2) is 0 Å². The third-order valence-electron chi connectivity index (χ3n) is 3.43. The van der Waals surface area contributed by atoms with Crippen molar-refractivity contribution < 1.29 is 0 Å². The highest BCUT2D eigenvalue weighted by atomic mass is 15.1. The molecule has 0 spiro atoms. The Hall–Kier alpha value is -0.120. The monoisotopic (exact) mass is 227 g/mol. The van der Waals surface area contributed by atoms with E-state index >= 15 is 0 Å². The summed E-state index contributed by atoms with van der Waals surface area (Å²) in [6, 6.07) is 0.716. The van der Waals surface area contributed by atoms with Crippen LogP contribution < -0.4 is 5.32 Å². The van der Waals surface area contributed by atoms with Gasteiger partial charge in [0.15, 0.2) is 0 Å². The molecule has 0 aromatic rings. The number of hydrogen-bond donors (Lipinski definition) is 1. The number of hydrogen-bond acceptors (Lipinski definition) is 3. The Morgan fingerprint density at radius 1 is 1.19 bits per heavy atom. The maximum atomic E-state index is 3.63. The fraction of sp³-hybridized carbons (Fsp3) is 1.00. The van der Waals surface area contributed by atoms with E-state index in [2.05, 4.69) is 43.2 Å². The quantitative estimate of drug-likeness (QED) is 0.737. The minimum Gasteiger partial charge on any atom is -0.313 e. The van der Waals surface area contributed by atoms with Gasteiger partial charge in [-0.3, -0.25) is 0 Å². The zero-order valence-electron chi connectivity index (χ0n) is 11.5. The van der Waals surface area contributed by atoms with Crippen LogP contribution in [0.15, 0.2) is 0 Å². The lowest BCUT2D eigenvalue weighted by molar-refractivity contribution is 0.227. The number of rotatable bonds is 6. The van der Waals surface area contributed by atoms with E-state index in [0.717, 1.165) is 5.92 Å². The standard InChI is InChI=1S/C13H29N3/c1-12-6-7-14-13(10-12)11-16(4)9-5-8-15(2)3/h12-14H,5-11H2,1-4H3. The highest BCUT2D eigenvalue weighted by Crippen LogP contribution is 2.15. The zero-order valence-corrected chi connectivity index (χ0v) is 11.5. The summed E-state index contributed by atoms with van der Waals surface area (Å²) >= 11 is 0. The Kier molecular flexibility index (Phi) is 6.32. The molecular weight excluding hydrogens is 198 g/mol. The summed E-state index contributed by atoms with van der Waals surface area (Å²) in [5, 5.41) is 3.63. The Morgan fingerprint density at radius 2 is 1.94 bits per heavy atom. The molecule has 3 nitrogen and oxygen atoms in total. The van der Waals surface area contributed by atoms with E-state index in [-0.39, 0.29) is 0 Å². The van der Waals surface area contributed by atoms with Gasteiger partial charge in [0.25, 0.3) is 0 Å². The first-order chi connectivity index (χ1) is 7.58. The molecule has 0 saturated carbocycles. The van der Waals surface area contributed by atoms with Gasteiger partial charge in [0.1, 0.15) is 0 Å². The van der Waals surface area contributed by atoms with Crippen LogP contribution in [0.5, 0.6) is 0 Å². The van der Waals surface area contributed by atoms with Crippen molar-refractivity contribution in [2.75, 3.05) is 47.3 Å². The average molecular weight is 227 g/mol. The van der Waals surface area contributed by atoms with Crippen LogP contribution >= 0.6 is 0 Å². The summed E-state index contributed by atoms with van der Waals surface area (Å²) in [5.74, 6) is 0.904. The molecule has 1 aliphatic heterocycles. The molecule has 1 heterocycles. The third kappa shape index (κ3) is 5.83. The second-order valence-corrected chi connectivity index (χ2v) is 5.70. The molecule has 16 heavy (non-hydrogen) atoms. The van der Waals surface area contributed by atoms with Crippen molar-refractivity contribution in [3.63, 3.8) is 0 Å². The predicted molar refractivity (Wildman–Crippen MR) is 70.9 cm³/mol. The lowest BCUT2D eigenvalue weighted by atomic mass is 9.94. The second kappa shape index (κ2) is 7.25. The maximum Gasteiger partial charge on any atom is 0.0197 e. The van der Waals surface area contributed by atoms with E-state index in [1.807, 2.05) is 0 Å². The van der Waals surface area contributed by atoms with Gasteiger partial charge in [-0.2, -0.15) is 0 Å². The third-order valence-corrected chi connectivity index (χ3v) is 3.43. The Balaban J connectivity index is 2.10. The average Bonchev–Trinajstić information content (AvgIpc) is 2.16. The van der Waals surface area contributed by atoms with Crippen molar-refractivity contribution >= 4 is 0 Å². The van der Waals surface area contributed by atoms with E-state index in [1.54, 1.807) is 0 Å². The summed E-state index contributed by atoms with van der Waals surface area (Å²) in [6.45, 7) is 7.19. The molecule has 0 radical (unpaired) electrons. The molecule has 96 valence electrons. The molecule has 1 rings (SSSR count). The molecule has 1 aliphatic rings. The number of nitrogens with one attached hydrogen (secondary N) is 1. The summed E-state index contributed by atoms with van der Waals surface area (Å²) in [4.78, 5) is 4.73. The predicted octanol–water partition coefficient (Wildman–Crippen LogP) is 1.26. The number of likely N-dealkylation sites (N-methyl/N-ethyl adjacent to an activating group) is 1. The number of nitrogens with zero attached hydrogens (tertiary/aromatic N) is 2. The summed E-state index contributed by atoms with van der Waals surface area (Å²) < 4.78 is 0. The fourth-order valence-electron chi connectivity index (χ4n) is 2.48. The van der Waals surface area contributed by atoms with Crippen LogP contribution in [0.1, 0.15) is 26.2 Å². The van der Waals surface area contributed by atoms with E-state index in [1.165, 1.54) is 45.4 Å². The molecule has 1 saturated heterocycles. The van der Waals surface area contributed by atoms with Crippen molar-refractivity contribution in [1.29, 1.82) is 0 Å². The number of piperidine rings is 1. The molecular formula is C13H29N3. The van der Waals surface area contributed by atoms with Gasteiger partial charge in [0.05, 0.1) is 0 Å². The summed E-state index contributed by atoms with van der Waals surface area (Å²) in [7, 11) is 6.53. The highest BCUT2D eigenvalue weighted by molar-refractivity contribution is 4.78. The van der Waals surface area contributed by atoms with E-state index < -0.39 is 0 Å². The summed E-state index contributed by atoms with van der Waals surface area (Å²) in [5.41, 5.74) is 0. The molecule has 0 aliphatic carbocycles. The SMILES string of the molecule is CC1CCNC(CN(C)CCCN(C)C)C1. The van der Waals surface area contributed by atoms with Crippen molar-refractivity contribution in [1.82, 2.24) is 15.1 Å². The first-order valence-electron chi connectivity index (χ1n) is 6.64. The normalized spacial score (nSPS) is 26.6. The van der Waals surface area contributed by atoms with Crippen molar-refractivity contribution in [3.05, 3.63) is 0 Å². The lowest BCUT2D eigenvalue weighted by Crippen LogP contribution is -2.44. The van der Waals surface area contributed by atoms with Crippen LogP contribution in [0.3, 0.4) is 0 Å². The van der Waals surface area contributed by atoms with Gasteiger partial charge in [0, 0.05) is 12.6 Å². The molecule has 0 amide bonds. The van der Waals surface area contributed by atoms with Crippen molar-refractivity contribution in [2.24, 2.45) is 5.92 Å². The van der Waals surface area contributed by atoms with Crippen LogP contribution in [0, 0.1) is 5.92 Å². The zero-order chi connectivity index (χ0) is 12.0. The van der Waals surface area contributed by atoms with Gasteiger partial charge in [-0.15, -0.1) is 0 Å². The molecule has 1 fully saturated rings. The van der Waals surface area contributed by atoms with Crippen molar-refractivity contribution in [3.8, 4) is 0 Å². The Labute approximate surface area is 101 Å². The minimum absolute atomic E-state index is 0.716. The van der Waals surface area contributed by atoms with E-state index in [9.17, 15) is 0 Å². The maximum absolute atomic E-state index is 3.63. The molecule has 0 aromatic carbocycles. The van der Waals surface area contributed by atoms with Gasteiger partial charge in [-0.1, -0.05) is 6.92 Å². The molecule has 2 unspecified atom stereocenters. The van der Waals surface area contributed by atoms with Gasteiger partial charge < -0.3 is 15.1 Å². The fourth-order valence-corrected chi connectivity index (χ4v) is 2.48. The lowest BCUT2D eigenvalue weighted by Gasteiger charge is -2.31. The van der Waals surface area contributed by atoms with Gasteiger partial charge in [-0.05, 0) is 66.0 Å². The van der Waals surface area contributed by atoms with Crippen LogP contribution in [0.2, 0.25) is 0 Å². The molecule has 0 bridgehead atoms. The highest BCUT2D eigenvalue weighted by Gasteiger charge is 2.18. The second-order valence-electron chi connectivity index (χ2n) is 5.70. The largest absolute Gasteiger partial charge is 0.313 e. The topological polar surface area (TPSA) is 18.5 Å². The van der Waals surface area contributed by atoms with Gasteiger partial charge >= 0.3 is 0 Å². The first kappa shape index (κ1) is 13.9. The van der Waals surface area contributed by atoms with Gasteiger partial charge in [0.2, 0.25) is 0 Å².